The van der Waals surface area contributed by atoms with Crippen LogP contribution in [0.3, 0.4) is 0 Å². The van der Waals surface area contributed by atoms with Crippen LogP contribution < -0.4 is 0 Å². The molecule has 7 heteroatoms. The quantitative estimate of drug-likeness (QED) is 0.417. The van der Waals surface area contributed by atoms with Gasteiger partial charge in [-0.25, -0.2) is 0 Å². The van der Waals surface area contributed by atoms with E-state index < -0.39 is 11.9 Å². The Labute approximate surface area is 202 Å². The van der Waals surface area contributed by atoms with E-state index in [2.05, 4.69) is 0 Å². The number of benzene rings is 3. The molecule has 0 bridgehead atoms. The number of carbonyl (C=O) groups excluding carboxylic acids is 2. The first-order valence-electron chi connectivity index (χ1n) is 10.6. The van der Waals surface area contributed by atoms with Gasteiger partial charge in [-0.2, -0.15) is 0 Å². The maximum Gasteiger partial charge on any atom is 0.307 e. The summed E-state index contributed by atoms with van der Waals surface area (Å²) in [5.74, 6) is -2.01. The van der Waals surface area contributed by atoms with E-state index in [1.807, 2.05) is 18.2 Å². The van der Waals surface area contributed by atoms with Crippen molar-refractivity contribution in [2.75, 3.05) is 0 Å². The van der Waals surface area contributed by atoms with E-state index in [-0.39, 0.29) is 29.4 Å². The molecule has 34 heavy (non-hydrogen) atoms. The number of hydrogen-bond acceptors (Lipinski definition) is 4. The van der Waals surface area contributed by atoms with Crippen molar-refractivity contribution < 1.29 is 29.4 Å². The Morgan fingerprint density at radius 3 is 1.82 bits per heavy atom. The normalized spacial score (nSPS) is 10.1. The number of carboxylic acid groups (broad SMARTS) is 2. The third kappa shape index (κ3) is 7.12. The zero-order chi connectivity index (χ0) is 25.3. The highest BCUT2D eigenvalue weighted by atomic mass is 35.5. The van der Waals surface area contributed by atoms with Crippen molar-refractivity contribution in [2.45, 2.75) is 33.1 Å². The smallest absolute Gasteiger partial charge is 0.307 e. The first-order chi connectivity index (χ1) is 16.1. The third-order valence-corrected chi connectivity index (χ3v) is 5.56. The SMILES string of the molecule is CCC(=O)c1cccc(CC(=O)O)c1Cl.Cc1c(CC(=O)O)cccc1C(=O)c1ccccc1. The van der Waals surface area contributed by atoms with Crippen molar-refractivity contribution in [1.29, 1.82) is 0 Å². The van der Waals surface area contributed by atoms with Crippen molar-refractivity contribution in [3.05, 3.63) is 105 Å². The summed E-state index contributed by atoms with van der Waals surface area (Å²) >= 11 is 5.94. The van der Waals surface area contributed by atoms with Gasteiger partial charge in [0.1, 0.15) is 0 Å². The van der Waals surface area contributed by atoms with Gasteiger partial charge in [-0.1, -0.05) is 79.2 Å². The summed E-state index contributed by atoms with van der Waals surface area (Å²) in [6, 6.07) is 19.0. The van der Waals surface area contributed by atoms with Crippen LogP contribution in [0.5, 0.6) is 0 Å². The van der Waals surface area contributed by atoms with Crippen LogP contribution in [0.1, 0.15) is 56.3 Å². The molecule has 176 valence electrons. The van der Waals surface area contributed by atoms with Gasteiger partial charge in [-0.05, 0) is 29.7 Å². The Hall–Kier alpha value is -3.77. The molecule has 0 radical (unpaired) electrons. The van der Waals surface area contributed by atoms with Crippen molar-refractivity contribution in [1.82, 2.24) is 0 Å². The lowest BCUT2D eigenvalue weighted by molar-refractivity contribution is -0.137. The van der Waals surface area contributed by atoms with E-state index in [1.165, 1.54) is 0 Å². The van der Waals surface area contributed by atoms with E-state index >= 15 is 0 Å². The van der Waals surface area contributed by atoms with E-state index in [1.54, 1.807) is 62.4 Å². The van der Waals surface area contributed by atoms with E-state index in [0.29, 0.717) is 34.2 Å². The second kappa shape index (κ2) is 12.5. The Kier molecular flexibility index (Phi) is 9.71. The van der Waals surface area contributed by atoms with Crippen LogP contribution in [0.15, 0.2) is 66.7 Å². The van der Waals surface area contributed by atoms with Crippen molar-refractivity contribution >= 4 is 35.1 Å². The second-order valence-electron chi connectivity index (χ2n) is 7.48. The molecule has 0 fully saturated rings. The van der Waals surface area contributed by atoms with E-state index in [9.17, 15) is 19.2 Å². The number of halogens is 1. The van der Waals surface area contributed by atoms with Gasteiger partial charge in [-0.3, -0.25) is 19.2 Å². The van der Waals surface area contributed by atoms with Gasteiger partial charge in [0.2, 0.25) is 0 Å². The second-order valence-corrected chi connectivity index (χ2v) is 7.86. The molecule has 0 saturated carbocycles. The molecule has 2 N–H and O–H groups in total. The van der Waals surface area contributed by atoms with E-state index in [0.717, 1.165) is 5.56 Å². The Morgan fingerprint density at radius 1 is 0.735 bits per heavy atom. The molecule has 0 aromatic heterocycles. The number of carbonyl (C=O) groups is 4. The molecule has 0 aliphatic carbocycles. The molecule has 0 aliphatic heterocycles. The van der Waals surface area contributed by atoms with Gasteiger partial charge in [0.05, 0.1) is 17.9 Å². The third-order valence-electron chi connectivity index (χ3n) is 5.11. The lowest BCUT2D eigenvalue weighted by Crippen LogP contribution is -2.08. The highest BCUT2D eigenvalue weighted by Gasteiger charge is 2.15. The summed E-state index contributed by atoms with van der Waals surface area (Å²) in [6.45, 7) is 3.52. The van der Waals surface area contributed by atoms with Gasteiger partial charge in [0.15, 0.2) is 11.6 Å². The van der Waals surface area contributed by atoms with Gasteiger partial charge in [-0.15, -0.1) is 0 Å². The largest absolute Gasteiger partial charge is 0.481 e. The molecule has 0 saturated heterocycles. The number of aliphatic carboxylic acids is 2. The highest BCUT2D eigenvalue weighted by molar-refractivity contribution is 6.34. The molecule has 3 aromatic carbocycles. The molecule has 0 amide bonds. The zero-order valence-corrected chi connectivity index (χ0v) is 19.6. The minimum Gasteiger partial charge on any atom is -0.481 e. The van der Waals surface area contributed by atoms with Gasteiger partial charge in [0.25, 0.3) is 0 Å². The molecule has 0 atom stereocenters. The van der Waals surface area contributed by atoms with Crippen LogP contribution in [0.4, 0.5) is 0 Å². The minimum atomic E-state index is -0.960. The predicted octanol–water partition coefficient (Wildman–Crippen LogP) is 5.41. The molecule has 0 aliphatic rings. The molecule has 3 rings (SSSR count). The van der Waals surface area contributed by atoms with Crippen molar-refractivity contribution in [3.8, 4) is 0 Å². The van der Waals surface area contributed by atoms with Crippen LogP contribution in [0.25, 0.3) is 0 Å². The summed E-state index contributed by atoms with van der Waals surface area (Å²) in [5.41, 5.74) is 3.46. The molecule has 0 unspecified atom stereocenters. The number of ketones is 2. The summed E-state index contributed by atoms with van der Waals surface area (Å²) in [7, 11) is 0. The predicted molar refractivity (Wildman–Crippen MR) is 130 cm³/mol. The van der Waals surface area contributed by atoms with Gasteiger partial charge < -0.3 is 10.2 Å². The average Bonchev–Trinajstić information content (AvgIpc) is 2.81. The summed E-state index contributed by atoms with van der Waals surface area (Å²) in [6.07, 6.45) is 0.127. The Bertz CT molecular complexity index is 1200. The Morgan fingerprint density at radius 2 is 1.26 bits per heavy atom. The molecule has 0 heterocycles. The maximum absolute atomic E-state index is 12.4. The minimum absolute atomic E-state index is 0.0677. The first-order valence-corrected chi connectivity index (χ1v) is 11.0. The van der Waals surface area contributed by atoms with Gasteiger partial charge >= 0.3 is 11.9 Å². The Balaban J connectivity index is 0.000000248. The van der Waals surface area contributed by atoms with Crippen LogP contribution >= 0.6 is 11.6 Å². The van der Waals surface area contributed by atoms with Gasteiger partial charge in [0, 0.05) is 23.1 Å². The molecule has 6 nitrogen and oxygen atoms in total. The lowest BCUT2D eigenvalue weighted by Gasteiger charge is -2.09. The van der Waals surface area contributed by atoms with Crippen LogP contribution in [-0.4, -0.2) is 33.7 Å². The van der Waals surface area contributed by atoms with Crippen molar-refractivity contribution in [2.24, 2.45) is 0 Å². The molecular weight excluding hydrogens is 456 g/mol. The highest BCUT2D eigenvalue weighted by Crippen LogP contribution is 2.23. The van der Waals surface area contributed by atoms with Crippen LogP contribution in [0.2, 0.25) is 5.02 Å². The van der Waals surface area contributed by atoms with Crippen LogP contribution in [-0.2, 0) is 22.4 Å². The molecule has 3 aromatic rings. The fourth-order valence-corrected chi connectivity index (χ4v) is 3.61. The fraction of sp³-hybridized carbons (Fsp3) is 0.185. The average molecular weight is 481 g/mol. The number of Topliss-reactive ketones (excluding diaryl/α,β-unsaturated/α-hetero) is 1. The molecule has 0 spiro atoms. The fourth-order valence-electron chi connectivity index (χ4n) is 3.31. The maximum atomic E-state index is 12.4. The molecular formula is C27H25ClO6. The summed E-state index contributed by atoms with van der Waals surface area (Å²) in [5, 5.41) is 17.7. The first kappa shape index (κ1) is 26.5. The topological polar surface area (TPSA) is 109 Å². The number of carboxylic acids is 2. The van der Waals surface area contributed by atoms with Crippen LogP contribution in [0, 0.1) is 6.92 Å². The standard InChI is InChI=1S/C16H14O3.C11H11ClO3/c1-11-13(10-15(17)18)8-5-9-14(11)16(19)12-6-3-2-4-7-12;1-2-9(13)8-5-3-4-7(11(8)12)6-10(14)15/h2-9H,10H2,1H3,(H,17,18);3-5H,2,6H2,1H3,(H,14,15). The monoisotopic (exact) mass is 480 g/mol. The number of rotatable bonds is 8. The lowest BCUT2D eigenvalue weighted by atomic mass is 9.94. The zero-order valence-electron chi connectivity index (χ0n) is 18.9. The van der Waals surface area contributed by atoms with Crippen molar-refractivity contribution in [3.63, 3.8) is 0 Å². The van der Waals surface area contributed by atoms with E-state index in [4.69, 9.17) is 21.8 Å². The number of hydrogen-bond donors (Lipinski definition) is 2. The summed E-state index contributed by atoms with van der Waals surface area (Å²) in [4.78, 5) is 45.1. The summed E-state index contributed by atoms with van der Waals surface area (Å²) < 4.78 is 0.